The second kappa shape index (κ2) is 4.09. The number of nitrogens with one attached hydrogen (secondary N) is 1. The van der Waals surface area contributed by atoms with Gasteiger partial charge in [-0.1, -0.05) is 15.9 Å². The van der Waals surface area contributed by atoms with Crippen molar-refractivity contribution in [3.8, 4) is 0 Å². The van der Waals surface area contributed by atoms with Gasteiger partial charge in [0.05, 0.1) is 6.04 Å². The topological polar surface area (TPSA) is 29.1 Å². The molecule has 0 aromatic carbocycles. The van der Waals surface area contributed by atoms with Gasteiger partial charge in [-0.15, -0.1) is 0 Å². The summed E-state index contributed by atoms with van der Waals surface area (Å²) < 4.78 is 0. The SMILES string of the molecule is O=CC1CC(Br)CCCN1. The zero-order chi connectivity index (χ0) is 7.40. The van der Waals surface area contributed by atoms with Gasteiger partial charge in [-0.05, 0) is 25.8 Å². The molecule has 1 fully saturated rings. The molecule has 2 atom stereocenters. The van der Waals surface area contributed by atoms with Crippen molar-refractivity contribution in [1.29, 1.82) is 0 Å². The Morgan fingerprint density at radius 1 is 1.60 bits per heavy atom. The smallest absolute Gasteiger partial charge is 0.136 e. The van der Waals surface area contributed by atoms with Gasteiger partial charge in [0.1, 0.15) is 6.29 Å². The molecule has 1 rings (SSSR count). The van der Waals surface area contributed by atoms with Crippen molar-refractivity contribution in [2.75, 3.05) is 6.54 Å². The van der Waals surface area contributed by atoms with E-state index in [0.717, 1.165) is 19.3 Å². The number of hydrogen-bond acceptors (Lipinski definition) is 2. The molecule has 3 heteroatoms. The Morgan fingerprint density at radius 2 is 2.40 bits per heavy atom. The molecule has 2 nitrogen and oxygen atoms in total. The van der Waals surface area contributed by atoms with E-state index < -0.39 is 0 Å². The van der Waals surface area contributed by atoms with E-state index in [2.05, 4.69) is 21.2 Å². The van der Waals surface area contributed by atoms with E-state index in [1.54, 1.807) is 0 Å². The number of hydrogen-bond donors (Lipinski definition) is 1. The van der Waals surface area contributed by atoms with E-state index in [1.165, 1.54) is 12.8 Å². The van der Waals surface area contributed by atoms with Crippen LogP contribution < -0.4 is 5.32 Å². The Bertz CT molecular complexity index is 118. The molecule has 0 spiro atoms. The van der Waals surface area contributed by atoms with Crippen molar-refractivity contribution < 1.29 is 4.79 Å². The number of halogens is 1. The van der Waals surface area contributed by atoms with Crippen LogP contribution in [0.2, 0.25) is 0 Å². The summed E-state index contributed by atoms with van der Waals surface area (Å²) in [6, 6.07) is 0.0758. The molecule has 1 heterocycles. The van der Waals surface area contributed by atoms with Crippen molar-refractivity contribution >= 4 is 22.2 Å². The zero-order valence-corrected chi connectivity index (χ0v) is 7.43. The van der Waals surface area contributed by atoms with Gasteiger partial charge in [-0.2, -0.15) is 0 Å². The highest BCUT2D eigenvalue weighted by Gasteiger charge is 2.15. The lowest BCUT2D eigenvalue weighted by molar-refractivity contribution is -0.109. The minimum atomic E-state index is 0.0758. The average Bonchev–Trinajstić information content (AvgIpc) is 2.13. The fourth-order valence-corrected chi connectivity index (χ4v) is 1.92. The normalized spacial score (nSPS) is 34.9. The van der Waals surface area contributed by atoms with E-state index in [4.69, 9.17) is 0 Å². The largest absolute Gasteiger partial charge is 0.308 e. The molecule has 0 aliphatic carbocycles. The van der Waals surface area contributed by atoms with Gasteiger partial charge >= 0.3 is 0 Å². The molecule has 10 heavy (non-hydrogen) atoms. The van der Waals surface area contributed by atoms with Crippen LogP contribution in [0.3, 0.4) is 0 Å². The summed E-state index contributed by atoms with van der Waals surface area (Å²) in [7, 11) is 0. The molecule has 0 bridgehead atoms. The predicted molar refractivity (Wildman–Crippen MR) is 44.4 cm³/mol. The van der Waals surface area contributed by atoms with Gasteiger partial charge in [-0.25, -0.2) is 0 Å². The maximum absolute atomic E-state index is 10.4. The molecule has 0 aromatic heterocycles. The van der Waals surface area contributed by atoms with Crippen LogP contribution in [-0.4, -0.2) is 23.7 Å². The lowest BCUT2D eigenvalue weighted by Gasteiger charge is -2.08. The molecule has 0 aromatic rings. The van der Waals surface area contributed by atoms with Crippen molar-refractivity contribution in [2.24, 2.45) is 0 Å². The summed E-state index contributed by atoms with van der Waals surface area (Å²) in [4.78, 5) is 10.9. The first-order valence-corrected chi connectivity index (χ1v) is 4.57. The third kappa shape index (κ3) is 2.39. The molecular formula is C7H12BrNO. The monoisotopic (exact) mass is 205 g/mol. The van der Waals surface area contributed by atoms with E-state index in [0.29, 0.717) is 4.83 Å². The van der Waals surface area contributed by atoms with Gasteiger partial charge in [0.25, 0.3) is 0 Å². The summed E-state index contributed by atoms with van der Waals surface area (Å²) in [6.07, 6.45) is 4.28. The van der Waals surface area contributed by atoms with Crippen LogP contribution >= 0.6 is 15.9 Å². The molecule has 0 radical (unpaired) electrons. The summed E-state index contributed by atoms with van der Waals surface area (Å²) in [5.74, 6) is 0. The molecular weight excluding hydrogens is 194 g/mol. The Labute approximate surface area is 69.5 Å². The highest BCUT2D eigenvalue weighted by Crippen LogP contribution is 2.16. The van der Waals surface area contributed by atoms with Gasteiger partial charge in [0, 0.05) is 4.83 Å². The number of carbonyl (C=O) groups excluding carboxylic acids is 1. The van der Waals surface area contributed by atoms with Gasteiger partial charge < -0.3 is 10.1 Å². The van der Waals surface area contributed by atoms with Crippen molar-refractivity contribution in [2.45, 2.75) is 30.1 Å². The second-order valence-corrected chi connectivity index (χ2v) is 3.97. The highest BCUT2D eigenvalue weighted by atomic mass is 79.9. The van der Waals surface area contributed by atoms with Crippen molar-refractivity contribution in [3.05, 3.63) is 0 Å². The molecule has 1 N–H and O–H groups in total. The summed E-state index contributed by atoms with van der Waals surface area (Å²) in [5, 5.41) is 3.16. The molecule has 1 aliphatic rings. The average molecular weight is 206 g/mol. The molecule has 0 saturated carbocycles. The quantitative estimate of drug-likeness (QED) is 0.514. The fraction of sp³-hybridized carbons (Fsp3) is 0.857. The minimum Gasteiger partial charge on any atom is -0.308 e. The Morgan fingerprint density at radius 3 is 3.10 bits per heavy atom. The molecule has 0 amide bonds. The fourth-order valence-electron chi connectivity index (χ4n) is 1.19. The van der Waals surface area contributed by atoms with Crippen LogP contribution in [0.1, 0.15) is 19.3 Å². The lowest BCUT2D eigenvalue weighted by Crippen LogP contribution is -2.30. The van der Waals surface area contributed by atoms with Crippen molar-refractivity contribution in [3.63, 3.8) is 0 Å². The van der Waals surface area contributed by atoms with E-state index in [9.17, 15) is 4.79 Å². The van der Waals surface area contributed by atoms with Gasteiger partial charge in [0.2, 0.25) is 0 Å². The van der Waals surface area contributed by atoms with Crippen LogP contribution in [-0.2, 0) is 4.79 Å². The van der Waals surface area contributed by atoms with Crippen molar-refractivity contribution in [1.82, 2.24) is 5.32 Å². The summed E-state index contributed by atoms with van der Waals surface area (Å²) >= 11 is 3.52. The number of aldehydes is 1. The Balaban J connectivity index is 2.37. The van der Waals surface area contributed by atoms with Crippen LogP contribution in [0.15, 0.2) is 0 Å². The van der Waals surface area contributed by atoms with Crippen LogP contribution in [0.5, 0.6) is 0 Å². The minimum absolute atomic E-state index is 0.0758. The maximum Gasteiger partial charge on any atom is 0.136 e. The molecule has 1 aliphatic heterocycles. The first-order valence-electron chi connectivity index (χ1n) is 3.65. The second-order valence-electron chi connectivity index (χ2n) is 2.67. The number of carbonyl (C=O) groups is 1. The number of alkyl halides is 1. The third-order valence-corrected chi connectivity index (χ3v) is 2.61. The standard InChI is InChI=1S/C7H12BrNO/c8-6-2-1-3-9-7(4-6)5-10/h5-7,9H,1-4H2. The van der Waals surface area contributed by atoms with Gasteiger partial charge in [0.15, 0.2) is 0 Å². The van der Waals surface area contributed by atoms with Crippen LogP contribution in [0.4, 0.5) is 0 Å². The first-order chi connectivity index (χ1) is 4.83. The Kier molecular flexibility index (Phi) is 3.35. The Hall–Kier alpha value is 0.110. The van der Waals surface area contributed by atoms with E-state index >= 15 is 0 Å². The van der Waals surface area contributed by atoms with Crippen LogP contribution in [0, 0.1) is 0 Å². The van der Waals surface area contributed by atoms with Gasteiger partial charge in [-0.3, -0.25) is 0 Å². The third-order valence-electron chi connectivity index (χ3n) is 1.77. The van der Waals surface area contributed by atoms with Crippen LogP contribution in [0.25, 0.3) is 0 Å². The van der Waals surface area contributed by atoms with E-state index in [1.807, 2.05) is 0 Å². The molecule has 2 unspecified atom stereocenters. The zero-order valence-electron chi connectivity index (χ0n) is 5.85. The van der Waals surface area contributed by atoms with E-state index in [-0.39, 0.29) is 6.04 Å². The highest BCUT2D eigenvalue weighted by molar-refractivity contribution is 9.09. The maximum atomic E-state index is 10.4. The predicted octanol–water partition coefficient (Wildman–Crippen LogP) is 1.09. The number of rotatable bonds is 1. The molecule has 58 valence electrons. The lowest BCUT2D eigenvalue weighted by atomic mass is 10.1. The molecule has 1 saturated heterocycles. The summed E-state index contributed by atoms with van der Waals surface area (Å²) in [5.41, 5.74) is 0. The summed E-state index contributed by atoms with van der Waals surface area (Å²) in [6.45, 7) is 0.978. The first kappa shape index (κ1) is 8.21.